The van der Waals surface area contributed by atoms with E-state index in [2.05, 4.69) is 9.97 Å². The van der Waals surface area contributed by atoms with Crippen molar-refractivity contribution in [1.29, 1.82) is 5.26 Å². The molecule has 0 bridgehead atoms. The lowest BCUT2D eigenvalue weighted by atomic mass is 10.2. The third-order valence-electron chi connectivity index (χ3n) is 4.35. The van der Waals surface area contributed by atoms with Gasteiger partial charge in [-0.1, -0.05) is 0 Å². The van der Waals surface area contributed by atoms with Gasteiger partial charge in [0.1, 0.15) is 11.6 Å². The first kappa shape index (κ1) is 16.7. The van der Waals surface area contributed by atoms with Gasteiger partial charge in [0.05, 0.1) is 6.26 Å². The molecule has 1 N–H and O–H groups in total. The summed E-state index contributed by atoms with van der Waals surface area (Å²) < 4.78 is 11.0. The molecule has 27 heavy (non-hydrogen) atoms. The molecule has 1 amide bonds. The Bertz CT molecular complexity index is 1050. The number of H-pyrrole nitrogens is 1. The molecule has 9 nitrogen and oxygen atoms in total. The van der Waals surface area contributed by atoms with Gasteiger partial charge >= 0.3 is 0 Å². The van der Waals surface area contributed by atoms with E-state index in [1.54, 1.807) is 23.1 Å². The Labute approximate surface area is 153 Å². The number of amides is 1. The van der Waals surface area contributed by atoms with Gasteiger partial charge in [-0.3, -0.25) is 9.59 Å². The third-order valence-corrected chi connectivity index (χ3v) is 4.35. The fourth-order valence-electron chi connectivity index (χ4n) is 2.98. The summed E-state index contributed by atoms with van der Waals surface area (Å²) in [6, 6.07) is 8.56. The molecule has 1 aliphatic heterocycles. The smallest absolute Gasteiger partial charge is 0.266 e. The number of oxazole rings is 1. The number of anilines is 1. The van der Waals surface area contributed by atoms with E-state index in [-0.39, 0.29) is 23.1 Å². The predicted molar refractivity (Wildman–Crippen MR) is 94.1 cm³/mol. The van der Waals surface area contributed by atoms with Gasteiger partial charge in [-0.05, 0) is 24.3 Å². The standard InChI is InChI=1S/C18H15N5O4/c19-11-13-18(27-16(21-13)14-4-2-10-26-14)23-8-6-22(7-9-23)17(25)12-3-1-5-20-15(12)24/h1-5,10H,6-9H2,(H,20,24). The summed E-state index contributed by atoms with van der Waals surface area (Å²) in [6.07, 6.45) is 2.99. The lowest BCUT2D eigenvalue weighted by Crippen LogP contribution is -2.49. The zero-order valence-corrected chi connectivity index (χ0v) is 14.2. The minimum Gasteiger partial charge on any atom is -0.459 e. The fourth-order valence-corrected chi connectivity index (χ4v) is 2.98. The number of carbonyl (C=O) groups is 1. The largest absolute Gasteiger partial charge is 0.459 e. The number of nitrogens with zero attached hydrogens (tertiary/aromatic N) is 4. The van der Waals surface area contributed by atoms with Gasteiger partial charge < -0.3 is 23.6 Å². The zero-order chi connectivity index (χ0) is 18.8. The van der Waals surface area contributed by atoms with Crippen LogP contribution in [0.1, 0.15) is 16.1 Å². The van der Waals surface area contributed by atoms with Crippen molar-refractivity contribution in [2.24, 2.45) is 0 Å². The van der Waals surface area contributed by atoms with E-state index >= 15 is 0 Å². The summed E-state index contributed by atoms with van der Waals surface area (Å²) in [4.78, 5) is 34.5. The Hall–Kier alpha value is -3.80. The minimum absolute atomic E-state index is 0.114. The molecule has 0 unspecified atom stereocenters. The van der Waals surface area contributed by atoms with Crippen LogP contribution in [0.5, 0.6) is 0 Å². The van der Waals surface area contributed by atoms with Gasteiger partial charge in [0.2, 0.25) is 11.6 Å². The molecule has 0 aromatic carbocycles. The molecule has 4 rings (SSSR count). The summed E-state index contributed by atoms with van der Waals surface area (Å²) in [5, 5.41) is 9.35. The van der Waals surface area contributed by atoms with Crippen LogP contribution in [0.4, 0.5) is 5.88 Å². The van der Waals surface area contributed by atoms with Gasteiger partial charge in [0.15, 0.2) is 5.76 Å². The molecule has 3 aromatic heterocycles. The molecule has 1 fully saturated rings. The van der Waals surface area contributed by atoms with E-state index in [1.165, 1.54) is 18.5 Å². The number of aromatic amines is 1. The molecule has 3 aromatic rings. The fraction of sp³-hybridized carbons (Fsp3) is 0.222. The molecule has 0 spiro atoms. The predicted octanol–water partition coefficient (Wildman–Crippen LogP) is 1.46. The highest BCUT2D eigenvalue weighted by molar-refractivity contribution is 5.94. The number of nitriles is 1. The molecule has 1 aliphatic rings. The van der Waals surface area contributed by atoms with Gasteiger partial charge in [-0.15, -0.1) is 0 Å². The summed E-state index contributed by atoms with van der Waals surface area (Å²) in [6.45, 7) is 1.71. The Morgan fingerprint density at radius 1 is 1.22 bits per heavy atom. The summed E-state index contributed by atoms with van der Waals surface area (Å²) in [5.74, 6) is 0.718. The molecule has 136 valence electrons. The molecular weight excluding hydrogens is 350 g/mol. The van der Waals surface area contributed by atoms with E-state index in [0.29, 0.717) is 37.8 Å². The molecule has 0 radical (unpaired) electrons. The van der Waals surface area contributed by atoms with Gasteiger partial charge in [-0.2, -0.15) is 10.2 Å². The van der Waals surface area contributed by atoms with Crippen molar-refractivity contribution in [2.45, 2.75) is 0 Å². The average Bonchev–Trinajstić information content (AvgIpc) is 3.37. The first-order valence-corrected chi connectivity index (χ1v) is 8.34. The summed E-state index contributed by atoms with van der Waals surface area (Å²) >= 11 is 0. The molecule has 9 heteroatoms. The monoisotopic (exact) mass is 365 g/mol. The van der Waals surface area contributed by atoms with Gasteiger partial charge in [0.25, 0.3) is 17.4 Å². The molecule has 4 heterocycles. The van der Waals surface area contributed by atoms with Crippen molar-refractivity contribution in [3.8, 4) is 17.7 Å². The quantitative estimate of drug-likeness (QED) is 0.746. The van der Waals surface area contributed by atoms with Crippen LogP contribution in [-0.2, 0) is 0 Å². The highest BCUT2D eigenvalue weighted by Crippen LogP contribution is 2.29. The minimum atomic E-state index is -0.407. The van der Waals surface area contributed by atoms with E-state index in [9.17, 15) is 14.9 Å². The maximum absolute atomic E-state index is 12.5. The number of piperazine rings is 1. The number of rotatable bonds is 3. The highest BCUT2D eigenvalue weighted by atomic mass is 16.4. The van der Waals surface area contributed by atoms with Crippen molar-refractivity contribution in [2.75, 3.05) is 31.1 Å². The number of hydrogen-bond acceptors (Lipinski definition) is 7. The second-order valence-electron chi connectivity index (χ2n) is 5.95. The Morgan fingerprint density at radius 3 is 2.70 bits per heavy atom. The van der Waals surface area contributed by atoms with Crippen molar-refractivity contribution < 1.29 is 13.6 Å². The first-order valence-electron chi connectivity index (χ1n) is 8.34. The van der Waals surface area contributed by atoms with E-state index in [4.69, 9.17) is 8.83 Å². The van der Waals surface area contributed by atoms with Crippen LogP contribution in [-0.4, -0.2) is 47.0 Å². The maximum Gasteiger partial charge on any atom is 0.266 e. The lowest BCUT2D eigenvalue weighted by molar-refractivity contribution is 0.0743. The van der Waals surface area contributed by atoms with Crippen LogP contribution in [0.3, 0.4) is 0 Å². The molecule has 0 aliphatic carbocycles. The van der Waals surface area contributed by atoms with Crippen molar-refractivity contribution in [3.05, 3.63) is 58.3 Å². The zero-order valence-electron chi connectivity index (χ0n) is 14.2. The Morgan fingerprint density at radius 2 is 2.04 bits per heavy atom. The van der Waals surface area contributed by atoms with Crippen LogP contribution < -0.4 is 10.5 Å². The number of nitrogens with one attached hydrogen (secondary N) is 1. The van der Waals surface area contributed by atoms with Crippen LogP contribution in [0, 0.1) is 11.3 Å². The van der Waals surface area contributed by atoms with Crippen molar-refractivity contribution in [3.63, 3.8) is 0 Å². The van der Waals surface area contributed by atoms with Crippen molar-refractivity contribution in [1.82, 2.24) is 14.9 Å². The Balaban J connectivity index is 1.50. The molecule has 0 atom stereocenters. The van der Waals surface area contributed by atoms with Crippen LogP contribution in [0.25, 0.3) is 11.7 Å². The van der Waals surface area contributed by atoms with Gasteiger partial charge in [-0.25, -0.2) is 0 Å². The molecule has 1 saturated heterocycles. The van der Waals surface area contributed by atoms with Crippen LogP contribution in [0.15, 0.2) is 50.4 Å². The SMILES string of the molecule is N#Cc1nc(-c2ccco2)oc1N1CCN(C(=O)c2ccc[nH]c2=O)CC1. The number of furan rings is 1. The first-order chi connectivity index (χ1) is 13.2. The summed E-state index contributed by atoms with van der Waals surface area (Å²) in [5.41, 5.74) is -0.126. The number of aromatic nitrogens is 2. The number of pyridine rings is 1. The highest BCUT2D eigenvalue weighted by Gasteiger charge is 2.28. The number of hydrogen-bond donors (Lipinski definition) is 1. The number of carbonyl (C=O) groups excluding carboxylic acids is 1. The van der Waals surface area contributed by atoms with E-state index < -0.39 is 5.56 Å². The lowest BCUT2D eigenvalue weighted by Gasteiger charge is -2.34. The molecule has 0 saturated carbocycles. The topological polar surface area (TPSA) is 119 Å². The maximum atomic E-state index is 12.5. The van der Waals surface area contributed by atoms with E-state index in [0.717, 1.165) is 0 Å². The summed E-state index contributed by atoms with van der Waals surface area (Å²) in [7, 11) is 0. The Kier molecular flexibility index (Phi) is 4.22. The van der Waals surface area contributed by atoms with E-state index in [1.807, 2.05) is 11.0 Å². The second kappa shape index (κ2) is 6.84. The molecular formula is C18H15N5O4. The normalized spacial score (nSPS) is 14.2. The van der Waals surface area contributed by atoms with Crippen LogP contribution in [0.2, 0.25) is 0 Å². The second-order valence-corrected chi connectivity index (χ2v) is 5.95. The van der Waals surface area contributed by atoms with Crippen molar-refractivity contribution >= 4 is 11.8 Å². The van der Waals surface area contributed by atoms with Crippen LogP contribution >= 0.6 is 0 Å². The average molecular weight is 365 g/mol. The third kappa shape index (κ3) is 3.08. The van der Waals surface area contributed by atoms with Gasteiger partial charge in [0, 0.05) is 32.4 Å².